The van der Waals surface area contributed by atoms with Crippen LogP contribution < -0.4 is 9.80 Å². The Labute approximate surface area is 160 Å². The molecule has 1 aromatic rings. The number of aromatic nitrogens is 2. The predicted octanol–water partition coefficient (Wildman–Crippen LogP) is 0.777. The van der Waals surface area contributed by atoms with Gasteiger partial charge < -0.3 is 24.2 Å². The number of hydrogen-bond acceptors (Lipinski definition) is 7. The summed E-state index contributed by atoms with van der Waals surface area (Å²) in [7, 11) is 3.95. The van der Waals surface area contributed by atoms with Gasteiger partial charge in [0.05, 0.1) is 19.7 Å². The maximum absolute atomic E-state index is 12.1. The molecular weight excluding hydrogens is 346 g/mol. The lowest BCUT2D eigenvalue weighted by atomic mass is 9.81. The summed E-state index contributed by atoms with van der Waals surface area (Å²) in [6.07, 6.45) is 4.81. The van der Waals surface area contributed by atoms with Crippen molar-refractivity contribution in [3.63, 3.8) is 0 Å². The first kappa shape index (κ1) is 18.4. The minimum atomic E-state index is -0.167. The lowest BCUT2D eigenvalue weighted by molar-refractivity contribution is -0.136. The first-order chi connectivity index (χ1) is 13.1. The summed E-state index contributed by atoms with van der Waals surface area (Å²) < 4.78 is 11.9. The maximum atomic E-state index is 12.1. The van der Waals surface area contributed by atoms with Crippen LogP contribution in [0.3, 0.4) is 0 Å². The molecule has 1 aromatic heterocycles. The predicted molar refractivity (Wildman–Crippen MR) is 102 cm³/mol. The van der Waals surface area contributed by atoms with Gasteiger partial charge in [0.1, 0.15) is 30.2 Å². The summed E-state index contributed by atoms with van der Waals surface area (Å²) in [5, 5.41) is 0. The van der Waals surface area contributed by atoms with Gasteiger partial charge in [0.2, 0.25) is 5.91 Å². The van der Waals surface area contributed by atoms with E-state index in [1.165, 1.54) is 0 Å². The maximum Gasteiger partial charge on any atom is 0.248 e. The first-order valence-corrected chi connectivity index (χ1v) is 9.81. The zero-order valence-electron chi connectivity index (χ0n) is 16.3. The Hall–Kier alpha value is -1.93. The molecule has 1 atom stereocenters. The molecule has 3 saturated heterocycles. The van der Waals surface area contributed by atoms with Crippen LogP contribution in [0.15, 0.2) is 12.4 Å². The van der Waals surface area contributed by atoms with Crippen molar-refractivity contribution in [2.45, 2.75) is 24.9 Å². The molecule has 8 heteroatoms. The Morgan fingerprint density at radius 3 is 2.85 bits per heavy atom. The van der Waals surface area contributed by atoms with E-state index < -0.39 is 0 Å². The third-order valence-electron chi connectivity index (χ3n) is 5.94. The molecule has 0 N–H and O–H groups in total. The van der Waals surface area contributed by atoms with Gasteiger partial charge in [-0.15, -0.1) is 0 Å². The van der Waals surface area contributed by atoms with Gasteiger partial charge in [-0.25, -0.2) is 9.97 Å². The van der Waals surface area contributed by atoms with E-state index in [9.17, 15) is 4.79 Å². The topological polar surface area (TPSA) is 71.0 Å². The Bertz CT molecular complexity index is 671. The van der Waals surface area contributed by atoms with Crippen LogP contribution >= 0.6 is 0 Å². The van der Waals surface area contributed by atoms with Crippen molar-refractivity contribution >= 4 is 17.5 Å². The molecular formula is C19H29N5O3. The molecule has 27 heavy (non-hydrogen) atoms. The SMILES string of the molecule is CN(C)c1cc(N2CC3(C2)OCCC3COCC(=O)N2CCCC2)ncn1. The van der Waals surface area contributed by atoms with Gasteiger partial charge in [0, 0.05) is 45.8 Å². The zero-order chi connectivity index (χ0) is 18.9. The van der Waals surface area contributed by atoms with E-state index in [0.29, 0.717) is 12.5 Å². The van der Waals surface area contributed by atoms with Crippen LogP contribution in [-0.4, -0.2) is 86.5 Å². The van der Waals surface area contributed by atoms with Crippen LogP contribution in [0.1, 0.15) is 19.3 Å². The number of ether oxygens (including phenoxy) is 2. The summed E-state index contributed by atoms with van der Waals surface area (Å²) in [6, 6.07) is 2.00. The summed E-state index contributed by atoms with van der Waals surface area (Å²) in [6.45, 7) is 4.90. The summed E-state index contributed by atoms with van der Waals surface area (Å²) >= 11 is 0. The lowest BCUT2D eigenvalue weighted by Crippen LogP contribution is -2.65. The van der Waals surface area contributed by atoms with E-state index in [2.05, 4.69) is 14.9 Å². The van der Waals surface area contributed by atoms with Gasteiger partial charge in [-0.3, -0.25) is 4.79 Å². The first-order valence-electron chi connectivity index (χ1n) is 9.81. The molecule has 1 spiro atoms. The highest BCUT2D eigenvalue weighted by Crippen LogP contribution is 2.41. The van der Waals surface area contributed by atoms with Crippen molar-refractivity contribution < 1.29 is 14.3 Å². The molecule has 8 nitrogen and oxygen atoms in total. The molecule has 4 rings (SSSR count). The molecule has 148 valence electrons. The molecule has 4 heterocycles. The Kier molecular flexibility index (Phi) is 5.19. The van der Waals surface area contributed by atoms with Crippen LogP contribution in [0.5, 0.6) is 0 Å². The van der Waals surface area contributed by atoms with Crippen LogP contribution in [0, 0.1) is 5.92 Å². The smallest absolute Gasteiger partial charge is 0.248 e. The van der Waals surface area contributed by atoms with Crippen molar-refractivity contribution in [1.29, 1.82) is 0 Å². The fourth-order valence-corrected chi connectivity index (χ4v) is 4.23. The molecule has 0 aromatic carbocycles. The minimum absolute atomic E-state index is 0.118. The minimum Gasteiger partial charge on any atom is -0.371 e. The van der Waals surface area contributed by atoms with E-state index >= 15 is 0 Å². The lowest BCUT2D eigenvalue weighted by Gasteiger charge is -2.50. The fourth-order valence-electron chi connectivity index (χ4n) is 4.23. The molecule has 1 unspecified atom stereocenters. The third-order valence-corrected chi connectivity index (χ3v) is 5.94. The van der Waals surface area contributed by atoms with Crippen molar-refractivity contribution in [3.8, 4) is 0 Å². The molecule has 0 aliphatic carbocycles. The highest BCUT2D eigenvalue weighted by atomic mass is 16.5. The largest absolute Gasteiger partial charge is 0.371 e. The Morgan fingerprint density at radius 1 is 1.33 bits per heavy atom. The number of rotatable bonds is 6. The second-order valence-corrected chi connectivity index (χ2v) is 7.99. The molecule has 0 radical (unpaired) electrons. The summed E-state index contributed by atoms with van der Waals surface area (Å²) in [4.78, 5) is 26.9. The number of carbonyl (C=O) groups is 1. The molecule has 0 bridgehead atoms. The Morgan fingerprint density at radius 2 is 2.11 bits per heavy atom. The number of nitrogens with zero attached hydrogens (tertiary/aromatic N) is 5. The monoisotopic (exact) mass is 375 g/mol. The molecule has 1 amide bonds. The fraction of sp³-hybridized carbons (Fsp3) is 0.737. The number of anilines is 2. The van der Waals surface area contributed by atoms with Crippen molar-refractivity contribution in [2.75, 3.05) is 69.9 Å². The zero-order valence-corrected chi connectivity index (χ0v) is 16.3. The van der Waals surface area contributed by atoms with E-state index in [1.54, 1.807) is 6.33 Å². The highest BCUT2D eigenvalue weighted by molar-refractivity contribution is 5.77. The Balaban J connectivity index is 1.29. The van der Waals surface area contributed by atoms with Gasteiger partial charge in [0.25, 0.3) is 0 Å². The molecule has 3 aliphatic heterocycles. The average molecular weight is 375 g/mol. The average Bonchev–Trinajstić information content (AvgIpc) is 3.30. The summed E-state index contributed by atoms with van der Waals surface area (Å²) in [5.74, 6) is 2.27. The van der Waals surface area contributed by atoms with E-state index in [4.69, 9.17) is 9.47 Å². The number of hydrogen-bond donors (Lipinski definition) is 0. The van der Waals surface area contributed by atoms with Gasteiger partial charge in [-0.1, -0.05) is 0 Å². The second-order valence-electron chi connectivity index (χ2n) is 7.99. The van der Waals surface area contributed by atoms with Crippen molar-refractivity contribution in [3.05, 3.63) is 12.4 Å². The van der Waals surface area contributed by atoms with Gasteiger partial charge in [0.15, 0.2) is 0 Å². The van der Waals surface area contributed by atoms with Gasteiger partial charge in [-0.2, -0.15) is 0 Å². The molecule has 0 saturated carbocycles. The highest BCUT2D eigenvalue weighted by Gasteiger charge is 2.53. The van der Waals surface area contributed by atoms with Gasteiger partial charge in [-0.05, 0) is 19.3 Å². The summed E-state index contributed by atoms with van der Waals surface area (Å²) in [5.41, 5.74) is -0.167. The normalized spacial score (nSPS) is 23.7. The number of likely N-dealkylation sites (tertiary alicyclic amines) is 1. The molecule has 3 fully saturated rings. The number of amides is 1. The van der Waals surface area contributed by atoms with Crippen LogP contribution in [0.25, 0.3) is 0 Å². The van der Waals surface area contributed by atoms with E-state index in [1.807, 2.05) is 30.0 Å². The van der Waals surface area contributed by atoms with E-state index in [0.717, 1.165) is 63.7 Å². The van der Waals surface area contributed by atoms with Crippen molar-refractivity contribution in [2.24, 2.45) is 5.92 Å². The van der Waals surface area contributed by atoms with Gasteiger partial charge >= 0.3 is 0 Å². The van der Waals surface area contributed by atoms with Crippen molar-refractivity contribution in [1.82, 2.24) is 14.9 Å². The quantitative estimate of drug-likeness (QED) is 0.727. The van der Waals surface area contributed by atoms with Crippen LogP contribution in [-0.2, 0) is 14.3 Å². The standard InChI is InChI=1S/C19H29N5O3/c1-22(2)16-9-17(21-14-20-16)24-12-19(13-24)15(5-8-27-19)10-26-11-18(25)23-6-3-4-7-23/h9,14-15H,3-8,10-13H2,1-2H3. The van der Waals surface area contributed by atoms with Crippen LogP contribution in [0.4, 0.5) is 11.6 Å². The molecule has 3 aliphatic rings. The van der Waals surface area contributed by atoms with Crippen LogP contribution in [0.2, 0.25) is 0 Å². The second kappa shape index (κ2) is 7.59. The third kappa shape index (κ3) is 3.73. The van der Waals surface area contributed by atoms with E-state index in [-0.39, 0.29) is 18.1 Å². The number of carbonyl (C=O) groups excluding carboxylic acids is 1.